The Labute approximate surface area is 162 Å². The summed E-state index contributed by atoms with van der Waals surface area (Å²) in [7, 11) is 0. The minimum atomic E-state index is -0.358. The lowest BCUT2D eigenvalue weighted by Gasteiger charge is -2.36. The van der Waals surface area contributed by atoms with Gasteiger partial charge in [0.15, 0.2) is 0 Å². The Hall–Kier alpha value is -2.00. The summed E-state index contributed by atoms with van der Waals surface area (Å²) in [6, 6.07) is 7.33. The van der Waals surface area contributed by atoms with Crippen molar-refractivity contribution in [1.82, 2.24) is 25.3 Å². The molecule has 3 heterocycles. The van der Waals surface area contributed by atoms with Gasteiger partial charge in [-0.1, -0.05) is 16.8 Å². The van der Waals surface area contributed by atoms with Crippen molar-refractivity contribution in [2.24, 2.45) is 0 Å². The number of benzene rings is 1. The highest BCUT2D eigenvalue weighted by molar-refractivity contribution is 6.30. The van der Waals surface area contributed by atoms with Crippen LogP contribution in [-0.4, -0.2) is 77.8 Å². The highest BCUT2D eigenvalue weighted by Gasteiger charge is 2.29. The molecular formula is C18H22ClN5O3. The smallest absolute Gasteiger partial charge is 0.253 e. The monoisotopic (exact) mass is 391 g/mol. The Morgan fingerprint density at radius 3 is 2.70 bits per heavy atom. The van der Waals surface area contributed by atoms with E-state index in [0.717, 1.165) is 25.2 Å². The number of hydrogen-bond acceptors (Lipinski definition) is 7. The van der Waals surface area contributed by atoms with E-state index in [4.69, 9.17) is 20.9 Å². The molecule has 0 aliphatic carbocycles. The zero-order chi connectivity index (χ0) is 18.6. The van der Waals surface area contributed by atoms with E-state index in [2.05, 4.69) is 20.4 Å². The molecule has 1 atom stereocenters. The number of rotatable bonds is 4. The molecule has 2 aromatic rings. The molecule has 0 bridgehead atoms. The summed E-state index contributed by atoms with van der Waals surface area (Å²) in [5, 5.41) is 7.91. The van der Waals surface area contributed by atoms with E-state index in [-0.39, 0.29) is 12.0 Å². The molecule has 0 radical (unpaired) electrons. The topological polar surface area (TPSA) is 83.7 Å². The number of carbonyl (C=O) groups is 1. The number of nitrogens with zero attached hydrogens (tertiary/aromatic N) is 4. The standard InChI is InChI=1S/C18H22ClN5O3/c19-14-3-1-13(2-4-14)17-21-16(27-22-17)12-23-6-8-24(9-7-23)18(25)15-11-20-5-10-26-15/h1-4,15,20H,5-12H2. The molecule has 0 spiro atoms. The molecule has 144 valence electrons. The van der Waals surface area contributed by atoms with Crippen molar-refractivity contribution < 1.29 is 14.1 Å². The number of nitrogens with one attached hydrogen (secondary N) is 1. The molecule has 2 saturated heterocycles. The van der Waals surface area contributed by atoms with Crippen molar-refractivity contribution in [3.63, 3.8) is 0 Å². The first kappa shape index (κ1) is 18.4. The predicted molar refractivity (Wildman–Crippen MR) is 99.2 cm³/mol. The summed E-state index contributed by atoms with van der Waals surface area (Å²) in [6.45, 7) is 5.45. The van der Waals surface area contributed by atoms with Crippen molar-refractivity contribution in [3.05, 3.63) is 35.2 Å². The third kappa shape index (κ3) is 4.47. The van der Waals surface area contributed by atoms with Gasteiger partial charge in [0.05, 0.1) is 13.2 Å². The normalized spacial score (nSPS) is 21.4. The van der Waals surface area contributed by atoms with Gasteiger partial charge in [0, 0.05) is 49.9 Å². The van der Waals surface area contributed by atoms with Crippen LogP contribution in [0.5, 0.6) is 0 Å². The van der Waals surface area contributed by atoms with Crippen LogP contribution >= 0.6 is 11.6 Å². The van der Waals surface area contributed by atoms with Crippen LogP contribution in [0.15, 0.2) is 28.8 Å². The second-order valence-corrected chi connectivity index (χ2v) is 7.12. The lowest BCUT2D eigenvalue weighted by atomic mass is 10.2. The Kier molecular flexibility index (Phi) is 5.68. The maximum atomic E-state index is 12.5. The number of morpholine rings is 1. The number of halogens is 1. The number of piperazine rings is 1. The average molecular weight is 392 g/mol. The SMILES string of the molecule is O=C(C1CNCCO1)N1CCN(Cc2nc(-c3ccc(Cl)cc3)no2)CC1. The first-order valence-electron chi connectivity index (χ1n) is 9.11. The summed E-state index contributed by atoms with van der Waals surface area (Å²) in [5.41, 5.74) is 0.867. The molecule has 8 nitrogen and oxygen atoms in total. The van der Waals surface area contributed by atoms with Crippen LogP contribution < -0.4 is 5.32 Å². The Balaban J connectivity index is 1.29. The zero-order valence-electron chi connectivity index (χ0n) is 14.9. The highest BCUT2D eigenvalue weighted by atomic mass is 35.5. The van der Waals surface area contributed by atoms with Gasteiger partial charge in [-0.15, -0.1) is 0 Å². The molecule has 0 saturated carbocycles. The van der Waals surface area contributed by atoms with Gasteiger partial charge in [0.25, 0.3) is 5.91 Å². The van der Waals surface area contributed by atoms with Crippen molar-refractivity contribution >= 4 is 17.5 Å². The Bertz CT molecular complexity index is 768. The Morgan fingerprint density at radius 1 is 1.22 bits per heavy atom. The van der Waals surface area contributed by atoms with Gasteiger partial charge in [-0.05, 0) is 24.3 Å². The maximum Gasteiger partial charge on any atom is 0.253 e. The fourth-order valence-corrected chi connectivity index (χ4v) is 3.41. The van der Waals surface area contributed by atoms with Crippen molar-refractivity contribution in [3.8, 4) is 11.4 Å². The molecule has 1 unspecified atom stereocenters. The van der Waals surface area contributed by atoms with Gasteiger partial charge in [-0.25, -0.2) is 0 Å². The molecule has 1 N–H and O–H groups in total. The molecule has 4 rings (SSSR count). The molecular weight excluding hydrogens is 370 g/mol. The van der Waals surface area contributed by atoms with E-state index in [1.807, 2.05) is 17.0 Å². The molecule has 1 aromatic heterocycles. The number of amides is 1. The lowest BCUT2D eigenvalue weighted by molar-refractivity contribution is -0.147. The maximum absolute atomic E-state index is 12.5. The fraction of sp³-hybridized carbons (Fsp3) is 0.500. The van der Waals surface area contributed by atoms with Crippen molar-refractivity contribution in [2.75, 3.05) is 45.9 Å². The largest absolute Gasteiger partial charge is 0.366 e. The van der Waals surface area contributed by atoms with Gasteiger partial charge in [-0.2, -0.15) is 4.98 Å². The van der Waals surface area contributed by atoms with Crippen LogP contribution in [0.3, 0.4) is 0 Å². The van der Waals surface area contributed by atoms with Crippen molar-refractivity contribution in [1.29, 1.82) is 0 Å². The van der Waals surface area contributed by atoms with Crippen LogP contribution in [-0.2, 0) is 16.1 Å². The lowest BCUT2D eigenvalue weighted by Crippen LogP contribution is -2.54. The summed E-state index contributed by atoms with van der Waals surface area (Å²) in [5.74, 6) is 1.20. The van der Waals surface area contributed by atoms with Crippen LogP contribution in [0.2, 0.25) is 5.02 Å². The summed E-state index contributed by atoms with van der Waals surface area (Å²) < 4.78 is 10.9. The van der Waals surface area contributed by atoms with E-state index in [1.54, 1.807) is 12.1 Å². The van der Waals surface area contributed by atoms with Crippen molar-refractivity contribution in [2.45, 2.75) is 12.6 Å². The van der Waals surface area contributed by atoms with E-state index < -0.39 is 0 Å². The molecule has 2 aliphatic heterocycles. The van der Waals surface area contributed by atoms with E-state index in [0.29, 0.717) is 49.5 Å². The molecule has 1 amide bonds. The minimum Gasteiger partial charge on any atom is -0.366 e. The van der Waals surface area contributed by atoms with Crippen LogP contribution in [0.1, 0.15) is 5.89 Å². The van der Waals surface area contributed by atoms with Crippen LogP contribution in [0.25, 0.3) is 11.4 Å². The van der Waals surface area contributed by atoms with Gasteiger partial charge >= 0.3 is 0 Å². The fourth-order valence-electron chi connectivity index (χ4n) is 3.28. The summed E-state index contributed by atoms with van der Waals surface area (Å²) in [6.07, 6.45) is -0.358. The number of aromatic nitrogens is 2. The van der Waals surface area contributed by atoms with Gasteiger partial charge < -0.3 is 19.5 Å². The van der Waals surface area contributed by atoms with Gasteiger partial charge in [-0.3, -0.25) is 9.69 Å². The molecule has 2 aliphatic rings. The third-order valence-electron chi connectivity index (χ3n) is 4.82. The highest BCUT2D eigenvalue weighted by Crippen LogP contribution is 2.19. The molecule has 27 heavy (non-hydrogen) atoms. The minimum absolute atomic E-state index is 0.0738. The average Bonchev–Trinajstić information content (AvgIpc) is 3.18. The van der Waals surface area contributed by atoms with Gasteiger partial charge in [0.2, 0.25) is 11.7 Å². The van der Waals surface area contributed by atoms with E-state index >= 15 is 0 Å². The van der Waals surface area contributed by atoms with Crippen LogP contribution in [0, 0.1) is 0 Å². The number of ether oxygens (including phenoxy) is 1. The first-order chi connectivity index (χ1) is 13.2. The van der Waals surface area contributed by atoms with E-state index in [9.17, 15) is 4.79 Å². The molecule has 9 heteroatoms. The predicted octanol–water partition coefficient (Wildman–Crippen LogP) is 1.02. The molecule has 1 aromatic carbocycles. The quantitative estimate of drug-likeness (QED) is 0.833. The number of hydrogen-bond donors (Lipinski definition) is 1. The summed E-state index contributed by atoms with van der Waals surface area (Å²) >= 11 is 5.91. The third-order valence-corrected chi connectivity index (χ3v) is 5.07. The molecule has 2 fully saturated rings. The second kappa shape index (κ2) is 8.35. The van der Waals surface area contributed by atoms with E-state index in [1.165, 1.54) is 0 Å². The van der Waals surface area contributed by atoms with Crippen LogP contribution in [0.4, 0.5) is 0 Å². The Morgan fingerprint density at radius 2 is 2.00 bits per heavy atom. The van der Waals surface area contributed by atoms with Gasteiger partial charge in [0.1, 0.15) is 6.10 Å². The first-order valence-corrected chi connectivity index (χ1v) is 9.49. The number of carbonyl (C=O) groups excluding carboxylic acids is 1. The zero-order valence-corrected chi connectivity index (χ0v) is 15.7. The summed E-state index contributed by atoms with van der Waals surface area (Å²) in [4.78, 5) is 21.0. The second-order valence-electron chi connectivity index (χ2n) is 6.68.